The molecule has 0 aromatic heterocycles. The second-order valence-electron chi connectivity index (χ2n) is 8.17. The average Bonchev–Trinajstić information content (AvgIpc) is 3.13. The van der Waals surface area contributed by atoms with Gasteiger partial charge >= 0.3 is 0 Å². The van der Waals surface area contributed by atoms with Crippen LogP contribution in [0.2, 0.25) is 0 Å². The summed E-state index contributed by atoms with van der Waals surface area (Å²) in [5.74, 6) is 1.37. The molecule has 1 saturated carbocycles. The molecule has 1 fully saturated rings. The molecule has 4 rings (SSSR count). The van der Waals surface area contributed by atoms with Gasteiger partial charge in [0.15, 0.2) is 6.73 Å². The van der Waals surface area contributed by atoms with Crippen LogP contribution in [-0.4, -0.2) is 23.6 Å². The van der Waals surface area contributed by atoms with Crippen LogP contribution < -0.4 is 4.74 Å². The lowest BCUT2D eigenvalue weighted by atomic mass is 9.92. The summed E-state index contributed by atoms with van der Waals surface area (Å²) in [4.78, 5) is 15.2. The number of ether oxygens (including phenoxy) is 1. The molecule has 4 nitrogen and oxygen atoms in total. The Morgan fingerprint density at radius 3 is 2.57 bits per heavy atom. The second kappa shape index (κ2) is 7.31. The summed E-state index contributed by atoms with van der Waals surface area (Å²) in [5, 5.41) is 8.99. The van der Waals surface area contributed by atoms with E-state index in [-0.39, 0.29) is 11.9 Å². The van der Waals surface area contributed by atoms with Crippen LogP contribution in [0.15, 0.2) is 30.3 Å². The topological polar surface area (TPSA) is 53.3 Å². The predicted molar refractivity (Wildman–Crippen MR) is 108 cm³/mol. The van der Waals surface area contributed by atoms with Crippen molar-refractivity contribution in [2.75, 3.05) is 6.73 Å². The number of rotatable bonds is 3. The normalized spacial score (nSPS) is 21.2. The lowest BCUT2D eigenvalue weighted by molar-refractivity contribution is 0.0327. The van der Waals surface area contributed by atoms with Gasteiger partial charge in [0.05, 0.1) is 17.2 Å². The van der Waals surface area contributed by atoms with Gasteiger partial charge in [0.25, 0.3) is 5.91 Å². The lowest BCUT2D eigenvalue weighted by Gasteiger charge is -2.36. The number of fused-ring (bicyclic) bond motifs is 1. The Hall–Kier alpha value is -2.80. The molecule has 0 saturated heterocycles. The molecular weight excluding hydrogens is 348 g/mol. The Balaban J connectivity index is 1.67. The highest BCUT2D eigenvalue weighted by atomic mass is 16.5. The van der Waals surface area contributed by atoms with Crippen molar-refractivity contribution >= 4 is 5.91 Å². The fraction of sp³-hybridized carbons (Fsp3) is 0.417. The van der Waals surface area contributed by atoms with E-state index in [4.69, 9.17) is 10.00 Å². The summed E-state index contributed by atoms with van der Waals surface area (Å²) in [6, 6.07) is 12.1. The first-order valence-electron chi connectivity index (χ1n) is 10.1. The third kappa shape index (κ3) is 3.16. The van der Waals surface area contributed by atoms with Crippen LogP contribution >= 0.6 is 0 Å². The molecule has 1 unspecified atom stereocenters. The minimum Gasteiger partial charge on any atom is -0.472 e. The van der Waals surface area contributed by atoms with Crippen LogP contribution in [0.1, 0.15) is 64.4 Å². The highest BCUT2D eigenvalue weighted by molar-refractivity contribution is 5.99. The van der Waals surface area contributed by atoms with Crippen molar-refractivity contribution in [3.63, 3.8) is 0 Å². The molecule has 1 aliphatic carbocycles. The van der Waals surface area contributed by atoms with E-state index in [1.807, 2.05) is 42.2 Å². The van der Waals surface area contributed by atoms with Crippen molar-refractivity contribution in [1.29, 1.82) is 5.26 Å². The van der Waals surface area contributed by atoms with Gasteiger partial charge in [0.2, 0.25) is 0 Å². The SMILES string of the molecule is Cc1c(Cc2ccc(C#N)cc2)cc2c(c1C)OCN([C@H]1CCCC1C)C2=O. The van der Waals surface area contributed by atoms with Gasteiger partial charge < -0.3 is 9.64 Å². The Kier molecular flexibility index (Phi) is 4.85. The molecule has 0 radical (unpaired) electrons. The van der Waals surface area contributed by atoms with Gasteiger partial charge in [-0.25, -0.2) is 0 Å². The number of carbonyl (C=O) groups excluding carboxylic acids is 1. The molecule has 1 heterocycles. The fourth-order valence-corrected chi connectivity index (χ4v) is 4.59. The maximum Gasteiger partial charge on any atom is 0.260 e. The smallest absolute Gasteiger partial charge is 0.260 e. The third-order valence-electron chi connectivity index (χ3n) is 6.48. The maximum absolute atomic E-state index is 13.3. The molecule has 0 bridgehead atoms. The van der Waals surface area contributed by atoms with Gasteiger partial charge in [0, 0.05) is 6.04 Å². The molecule has 4 heteroatoms. The maximum atomic E-state index is 13.3. The van der Waals surface area contributed by atoms with Gasteiger partial charge in [-0.15, -0.1) is 0 Å². The van der Waals surface area contributed by atoms with Gasteiger partial charge in [0.1, 0.15) is 5.75 Å². The molecular formula is C24H26N2O2. The minimum absolute atomic E-state index is 0.101. The van der Waals surface area contributed by atoms with Crippen molar-refractivity contribution in [2.45, 2.75) is 52.5 Å². The fourth-order valence-electron chi connectivity index (χ4n) is 4.59. The Morgan fingerprint density at radius 1 is 1.18 bits per heavy atom. The van der Waals surface area contributed by atoms with Gasteiger partial charge in [-0.3, -0.25) is 4.79 Å². The monoisotopic (exact) mass is 374 g/mol. The van der Waals surface area contributed by atoms with Gasteiger partial charge in [-0.2, -0.15) is 5.26 Å². The summed E-state index contributed by atoms with van der Waals surface area (Å²) < 4.78 is 6.08. The molecule has 2 aliphatic rings. The number of hydrogen-bond donors (Lipinski definition) is 0. The van der Waals surface area contributed by atoms with Crippen molar-refractivity contribution in [3.05, 3.63) is 63.7 Å². The van der Waals surface area contributed by atoms with E-state index in [0.29, 0.717) is 23.8 Å². The highest BCUT2D eigenvalue weighted by Crippen LogP contribution is 2.37. The number of nitriles is 1. The van der Waals surface area contributed by atoms with E-state index < -0.39 is 0 Å². The highest BCUT2D eigenvalue weighted by Gasteiger charge is 2.37. The first-order chi connectivity index (χ1) is 13.5. The predicted octanol–water partition coefficient (Wildman–Crippen LogP) is 4.75. The van der Waals surface area contributed by atoms with Crippen LogP contribution in [0.25, 0.3) is 0 Å². The average molecular weight is 374 g/mol. The van der Waals surface area contributed by atoms with Crippen molar-refractivity contribution in [1.82, 2.24) is 4.90 Å². The number of amides is 1. The lowest BCUT2D eigenvalue weighted by Crippen LogP contribution is -2.46. The molecule has 1 amide bonds. The Morgan fingerprint density at radius 2 is 1.93 bits per heavy atom. The van der Waals surface area contributed by atoms with Gasteiger partial charge in [-0.1, -0.05) is 25.5 Å². The van der Waals surface area contributed by atoms with E-state index >= 15 is 0 Å². The summed E-state index contributed by atoms with van der Waals surface area (Å²) in [5.41, 5.74) is 5.84. The molecule has 2 aromatic rings. The van der Waals surface area contributed by atoms with Crippen LogP contribution in [0.4, 0.5) is 0 Å². The molecule has 1 aliphatic heterocycles. The number of hydrogen-bond acceptors (Lipinski definition) is 3. The Labute approximate surface area is 166 Å². The number of benzene rings is 2. The third-order valence-corrected chi connectivity index (χ3v) is 6.48. The molecule has 2 atom stereocenters. The molecule has 0 spiro atoms. The largest absolute Gasteiger partial charge is 0.472 e. The van der Waals surface area contributed by atoms with Crippen molar-refractivity contribution in [3.8, 4) is 11.8 Å². The van der Waals surface area contributed by atoms with E-state index in [1.54, 1.807) is 0 Å². The molecule has 2 aromatic carbocycles. The molecule has 28 heavy (non-hydrogen) atoms. The molecule has 0 N–H and O–H groups in total. The summed E-state index contributed by atoms with van der Waals surface area (Å²) in [6.07, 6.45) is 4.16. The van der Waals surface area contributed by atoms with Crippen molar-refractivity contribution < 1.29 is 9.53 Å². The van der Waals surface area contributed by atoms with Crippen LogP contribution in [0.5, 0.6) is 5.75 Å². The zero-order chi connectivity index (χ0) is 19.8. The summed E-state index contributed by atoms with van der Waals surface area (Å²) in [6.45, 7) is 6.72. The zero-order valence-corrected chi connectivity index (χ0v) is 16.8. The van der Waals surface area contributed by atoms with E-state index in [9.17, 15) is 4.79 Å². The van der Waals surface area contributed by atoms with E-state index in [1.165, 1.54) is 18.4 Å². The quantitative estimate of drug-likeness (QED) is 0.779. The van der Waals surface area contributed by atoms with Crippen molar-refractivity contribution in [2.24, 2.45) is 5.92 Å². The second-order valence-corrected chi connectivity index (χ2v) is 8.17. The van der Waals surface area contributed by atoms with E-state index in [2.05, 4.69) is 19.9 Å². The standard InChI is InChI=1S/C24H26N2O2/c1-15-5-4-6-22(15)26-14-28-23-17(3)16(2)20(12-21(23)24(26)27)11-18-7-9-19(13-25)10-8-18/h7-10,12,15,22H,4-6,11,14H2,1-3H3/t15?,22-/m0/s1. The number of carbonyl (C=O) groups is 1. The van der Waals surface area contributed by atoms with Crippen LogP contribution in [-0.2, 0) is 6.42 Å². The summed E-state index contributed by atoms with van der Waals surface area (Å²) in [7, 11) is 0. The zero-order valence-electron chi connectivity index (χ0n) is 16.8. The first-order valence-corrected chi connectivity index (χ1v) is 10.1. The van der Waals surface area contributed by atoms with E-state index in [0.717, 1.165) is 35.3 Å². The first kappa shape index (κ1) is 18.6. The Bertz CT molecular complexity index is 956. The van der Waals surface area contributed by atoms with Crippen LogP contribution in [0, 0.1) is 31.1 Å². The van der Waals surface area contributed by atoms with Gasteiger partial charge in [-0.05, 0) is 79.5 Å². The molecule has 144 valence electrons. The number of nitrogens with zero attached hydrogens (tertiary/aromatic N) is 2. The van der Waals surface area contributed by atoms with Crippen LogP contribution in [0.3, 0.4) is 0 Å². The summed E-state index contributed by atoms with van der Waals surface area (Å²) >= 11 is 0. The minimum atomic E-state index is 0.101.